The molecule has 0 aliphatic rings. The molecule has 0 aromatic carbocycles. The first-order chi connectivity index (χ1) is 6.18. The summed E-state index contributed by atoms with van der Waals surface area (Å²) in [4.78, 5) is 17.9. The number of hydrogen-bond acceptors (Lipinski definition) is 4. The van der Waals surface area contributed by atoms with Crippen LogP contribution in [0.2, 0.25) is 0 Å². The molecule has 0 fully saturated rings. The molecule has 0 bridgehead atoms. The third-order valence-electron chi connectivity index (χ3n) is 1.69. The number of carboxylic acid groups (broad SMARTS) is 1. The molecule has 2 aromatic heterocycles. The quantitative estimate of drug-likeness (QED) is 0.657. The van der Waals surface area contributed by atoms with Gasteiger partial charge in [-0.05, 0) is 6.92 Å². The van der Waals surface area contributed by atoms with Crippen molar-refractivity contribution in [3.05, 3.63) is 17.7 Å². The van der Waals surface area contributed by atoms with Crippen LogP contribution in [0.4, 0.5) is 0 Å². The van der Waals surface area contributed by atoms with Crippen molar-refractivity contribution < 1.29 is 9.90 Å². The minimum absolute atomic E-state index is 0.237. The number of aromatic carboxylic acids is 1. The van der Waals surface area contributed by atoms with Gasteiger partial charge in [0.1, 0.15) is 0 Å². The maximum absolute atomic E-state index is 10.5. The van der Waals surface area contributed by atoms with Gasteiger partial charge in [-0.25, -0.2) is 14.8 Å². The van der Waals surface area contributed by atoms with Gasteiger partial charge in [-0.3, -0.25) is 5.10 Å². The Bertz CT molecular complexity index is 476. The Balaban J connectivity index is 2.70. The SMILES string of the molecule is Cc1[nH]nc2nc(C(=O)O)ncc12. The van der Waals surface area contributed by atoms with Crippen molar-refractivity contribution in [2.75, 3.05) is 0 Å². The number of aromatic amines is 1. The molecule has 0 saturated carbocycles. The summed E-state index contributed by atoms with van der Waals surface area (Å²) in [5, 5.41) is 15.8. The van der Waals surface area contributed by atoms with Crippen LogP contribution in [-0.4, -0.2) is 31.2 Å². The lowest BCUT2D eigenvalue weighted by Gasteiger charge is -1.91. The van der Waals surface area contributed by atoms with Gasteiger partial charge in [-0.2, -0.15) is 5.10 Å². The largest absolute Gasteiger partial charge is 0.475 e. The zero-order valence-corrected chi connectivity index (χ0v) is 6.77. The fourth-order valence-corrected chi connectivity index (χ4v) is 1.02. The zero-order chi connectivity index (χ0) is 9.42. The molecule has 13 heavy (non-hydrogen) atoms. The van der Waals surface area contributed by atoms with E-state index in [2.05, 4.69) is 20.2 Å². The Morgan fingerprint density at radius 1 is 1.62 bits per heavy atom. The normalized spacial score (nSPS) is 10.5. The molecule has 2 N–H and O–H groups in total. The smallest absolute Gasteiger partial charge is 0.374 e. The van der Waals surface area contributed by atoms with Crippen LogP contribution in [0.25, 0.3) is 11.0 Å². The number of carboxylic acids is 1. The molecule has 0 atom stereocenters. The topological polar surface area (TPSA) is 91.8 Å². The highest BCUT2D eigenvalue weighted by molar-refractivity contribution is 5.86. The van der Waals surface area contributed by atoms with Crippen LogP contribution in [0.1, 0.15) is 16.3 Å². The second kappa shape index (κ2) is 2.51. The van der Waals surface area contributed by atoms with Crippen molar-refractivity contribution in [2.45, 2.75) is 6.92 Å². The minimum atomic E-state index is -1.15. The fourth-order valence-electron chi connectivity index (χ4n) is 1.02. The molecule has 0 radical (unpaired) electrons. The maximum Gasteiger partial charge on any atom is 0.374 e. The van der Waals surface area contributed by atoms with Crippen LogP contribution in [-0.2, 0) is 0 Å². The number of aryl methyl sites for hydroxylation is 1. The molecule has 0 amide bonds. The van der Waals surface area contributed by atoms with E-state index in [-0.39, 0.29) is 5.82 Å². The second-order valence-electron chi connectivity index (χ2n) is 2.58. The number of hydrogen-bond donors (Lipinski definition) is 2. The summed E-state index contributed by atoms with van der Waals surface area (Å²) >= 11 is 0. The summed E-state index contributed by atoms with van der Waals surface area (Å²) in [5.74, 6) is -1.39. The lowest BCUT2D eigenvalue weighted by molar-refractivity contribution is 0.0684. The molecule has 6 heteroatoms. The second-order valence-corrected chi connectivity index (χ2v) is 2.58. The van der Waals surface area contributed by atoms with Gasteiger partial charge in [0.2, 0.25) is 5.82 Å². The highest BCUT2D eigenvalue weighted by Gasteiger charge is 2.09. The third-order valence-corrected chi connectivity index (χ3v) is 1.69. The summed E-state index contributed by atoms with van der Waals surface area (Å²) in [6.45, 7) is 1.82. The van der Waals surface area contributed by atoms with Gasteiger partial charge in [0.05, 0.1) is 5.39 Å². The maximum atomic E-state index is 10.5. The summed E-state index contributed by atoms with van der Waals surface area (Å²) in [7, 11) is 0. The Labute approximate surface area is 72.6 Å². The molecule has 0 unspecified atom stereocenters. The molecule has 0 aliphatic carbocycles. The van der Waals surface area contributed by atoms with Gasteiger partial charge >= 0.3 is 5.97 Å². The van der Waals surface area contributed by atoms with Gasteiger partial charge < -0.3 is 5.11 Å². The van der Waals surface area contributed by atoms with E-state index in [0.717, 1.165) is 11.1 Å². The zero-order valence-electron chi connectivity index (χ0n) is 6.77. The molecular formula is C7H6N4O2. The monoisotopic (exact) mass is 178 g/mol. The van der Waals surface area contributed by atoms with Crippen molar-refractivity contribution in [1.82, 2.24) is 20.2 Å². The molecule has 0 aliphatic heterocycles. The lowest BCUT2D eigenvalue weighted by Crippen LogP contribution is -2.03. The Hall–Kier alpha value is -1.98. The summed E-state index contributed by atoms with van der Waals surface area (Å²) in [5.41, 5.74) is 1.21. The minimum Gasteiger partial charge on any atom is -0.475 e. The standard InChI is InChI=1S/C7H6N4O2/c1-3-4-2-8-6(7(12)13)9-5(4)11-10-3/h2H,1H3,(H,12,13)(H,8,9,10,11). The number of rotatable bonds is 1. The van der Waals surface area contributed by atoms with Crippen LogP contribution in [0.3, 0.4) is 0 Å². The molecule has 0 spiro atoms. The van der Waals surface area contributed by atoms with Crippen LogP contribution in [0.5, 0.6) is 0 Å². The van der Waals surface area contributed by atoms with E-state index in [1.54, 1.807) is 0 Å². The number of nitrogens with zero attached hydrogens (tertiary/aromatic N) is 3. The molecular weight excluding hydrogens is 172 g/mol. The number of aromatic nitrogens is 4. The number of carbonyl (C=O) groups is 1. The van der Waals surface area contributed by atoms with E-state index in [4.69, 9.17) is 5.11 Å². The lowest BCUT2D eigenvalue weighted by atomic mass is 10.3. The molecule has 2 rings (SSSR count). The van der Waals surface area contributed by atoms with E-state index in [9.17, 15) is 4.79 Å². The fraction of sp³-hybridized carbons (Fsp3) is 0.143. The Kier molecular flexibility index (Phi) is 1.48. The van der Waals surface area contributed by atoms with Gasteiger partial charge in [0.25, 0.3) is 0 Å². The van der Waals surface area contributed by atoms with E-state index < -0.39 is 5.97 Å². The van der Waals surface area contributed by atoms with Crippen molar-refractivity contribution in [2.24, 2.45) is 0 Å². The summed E-state index contributed by atoms with van der Waals surface area (Å²) < 4.78 is 0. The predicted octanol–water partition coefficient (Wildman–Crippen LogP) is 0.360. The van der Waals surface area contributed by atoms with Crippen LogP contribution in [0.15, 0.2) is 6.20 Å². The van der Waals surface area contributed by atoms with E-state index in [1.165, 1.54) is 6.20 Å². The summed E-state index contributed by atoms with van der Waals surface area (Å²) in [6.07, 6.45) is 1.45. The van der Waals surface area contributed by atoms with E-state index >= 15 is 0 Å². The average Bonchev–Trinajstić information content (AvgIpc) is 2.47. The van der Waals surface area contributed by atoms with Gasteiger partial charge in [0.15, 0.2) is 5.65 Å². The number of fused-ring (bicyclic) bond motifs is 1. The first kappa shape index (κ1) is 7.66. The van der Waals surface area contributed by atoms with Crippen molar-refractivity contribution >= 4 is 17.0 Å². The van der Waals surface area contributed by atoms with Crippen molar-refractivity contribution in [1.29, 1.82) is 0 Å². The summed E-state index contributed by atoms with van der Waals surface area (Å²) in [6, 6.07) is 0. The van der Waals surface area contributed by atoms with Gasteiger partial charge in [-0.1, -0.05) is 0 Å². The Morgan fingerprint density at radius 2 is 2.38 bits per heavy atom. The van der Waals surface area contributed by atoms with E-state index in [1.807, 2.05) is 6.92 Å². The van der Waals surface area contributed by atoms with Gasteiger partial charge in [-0.15, -0.1) is 0 Å². The van der Waals surface area contributed by atoms with Crippen LogP contribution >= 0.6 is 0 Å². The number of nitrogens with one attached hydrogen (secondary N) is 1. The van der Waals surface area contributed by atoms with Crippen LogP contribution in [0, 0.1) is 6.92 Å². The highest BCUT2D eigenvalue weighted by Crippen LogP contribution is 2.10. The molecule has 66 valence electrons. The first-order valence-corrected chi connectivity index (χ1v) is 3.59. The third kappa shape index (κ3) is 1.12. The average molecular weight is 178 g/mol. The Morgan fingerprint density at radius 3 is 3.08 bits per heavy atom. The predicted molar refractivity (Wildman–Crippen MR) is 43.4 cm³/mol. The van der Waals surface area contributed by atoms with Crippen LogP contribution < -0.4 is 0 Å². The molecule has 2 aromatic rings. The van der Waals surface area contributed by atoms with Crippen molar-refractivity contribution in [3.8, 4) is 0 Å². The molecule has 6 nitrogen and oxygen atoms in total. The molecule has 2 heterocycles. The molecule has 0 saturated heterocycles. The van der Waals surface area contributed by atoms with Gasteiger partial charge in [0, 0.05) is 11.9 Å². The number of H-pyrrole nitrogens is 1. The van der Waals surface area contributed by atoms with Crippen molar-refractivity contribution in [3.63, 3.8) is 0 Å². The van der Waals surface area contributed by atoms with E-state index in [0.29, 0.717) is 5.65 Å². The highest BCUT2D eigenvalue weighted by atomic mass is 16.4. The first-order valence-electron chi connectivity index (χ1n) is 3.59.